The second kappa shape index (κ2) is 10.9. The summed E-state index contributed by atoms with van der Waals surface area (Å²) in [4.78, 5) is 38.1. The fourth-order valence-corrected chi connectivity index (χ4v) is 5.06. The van der Waals surface area contributed by atoms with Crippen LogP contribution in [0.3, 0.4) is 0 Å². The van der Waals surface area contributed by atoms with E-state index >= 15 is 0 Å². The Balaban J connectivity index is 1.32. The maximum absolute atomic E-state index is 12.9. The van der Waals surface area contributed by atoms with Gasteiger partial charge in [0.1, 0.15) is 16.9 Å². The first-order chi connectivity index (χ1) is 18.4. The molecule has 2 N–H and O–H groups in total. The Morgan fingerprint density at radius 2 is 2.05 bits per heavy atom. The third kappa shape index (κ3) is 5.31. The minimum absolute atomic E-state index is 0.0230. The van der Waals surface area contributed by atoms with Crippen LogP contribution in [0.4, 0.5) is 10.9 Å². The highest BCUT2D eigenvalue weighted by Crippen LogP contribution is 2.34. The second-order valence-corrected chi connectivity index (χ2v) is 10.2. The molecule has 4 aromatic rings. The number of thiazole rings is 1. The third-order valence-corrected chi connectivity index (χ3v) is 7.22. The second-order valence-electron chi connectivity index (χ2n) is 8.96. The lowest BCUT2D eigenvalue weighted by atomic mass is 10.1. The van der Waals surface area contributed by atoms with Gasteiger partial charge in [-0.25, -0.2) is 9.97 Å². The number of carbonyl (C=O) groups excluding carboxylic acids is 2. The predicted octanol–water partition coefficient (Wildman–Crippen LogP) is 4.22. The highest BCUT2D eigenvalue weighted by Gasteiger charge is 2.25. The summed E-state index contributed by atoms with van der Waals surface area (Å²) in [6.07, 6.45) is 5.17. The van der Waals surface area contributed by atoms with E-state index in [1.165, 1.54) is 16.2 Å². The maximum Gasteiger partial charge on any atom is 0.298 e. The number of nitrogens with zero attached hydrogens (tertiary/aromatic N) is 5. The summed E-state index contributed by atoms with van der Waals surface area (Å²) >= 11 is 1.47. The van der Waals surface area contributed by atoms with Gasteiger partial charge in [-0.2, -0.15) is 5.10 Å². The van der Waals surface area contributed by atoms with Gasteiger partial charge in [-0.3, -0.25) is 19.6 Å². The molecule has 0 unspecified atom stereocenters. The summed E-state index contributed by atoms with van der Waals surface area (Å²) in [6, 6.07) is 8.77. The average Bonchev–Trinajstić information content (AvgIpc) is 3.55. The fraction of sp³-hybridized carbons (Fsp3) is 0.296. The fourth-order valence-electron chi connectivity index (χ4n) is 4.34. The van der Waals surface area contributed by atoms with Crippen LogP contribution < -0.4 is 15.0 Å². The molecule has 5 rings (SSSR count). The summed E-state index contributed by atoms with van der Waals surface area (Å²) in [5, 5.41) is 12.2. The number of anilines is 2. The van der Waals surface area contributed by atoms with Crippen molar-refractivity contribution in [3.05, 3.63) is 53.2 Å². The number of benzene rings is 1. The Morgan fingerprint density at radius 1 is 1.24 bits per heavy atom. The lowest BCUT2D eigenvalue weighted by Crippen LogP contribution is -2.44. The Kier molecular flexibility index (Phi) is 7.24. The number of rotatable bonds is 6. The van der Waals surface area contributed by atoms with Gasteiger partial charge >= 0.3 is 0 Å². The number of fused-ring (bicyclic) bond motifs is 1. The third-order valence-electron chi connectivity index (χ3n) is 6.23. The van der Waals surface area contributed by atoms with Crippen molar-refractivity contribution in [3.63, 3.8) is 0 Å². The molecule has 1 atom stereocenters. The molecule has 194 valence electrons. The van der Waals surface area contributed by atoms with Gasteiger partial charge in [0, 0.05) is 55.1 Å². The van der Waals surface area contributed by atoms with Crippen LogP contribution in [0.1, 0.15) is 35.0 Å². The Hall–Kier alpha value is -4.43. The molecule has 1 saturated heterocycles. The van der Waals surface area contributed by atoms with E-state index in [4.69, 9.17) is 4.74 Å². The molecule has 0 bridgehead atoms. The van der Waals surface area contributed by atoms with E-state index in [1.54, 1.807) is 61.6 Å². The molecule has 1 aromatic carbocycles. The van der Waals surface area contributed by atoms with Gasteiger partial charge in [0.05, 0.1) is 0 Å². The van der Waals surface area contributed by atoms with Crippen LogP contribution in [0.2, 0.25) is 0 Å². The average molecular weight is 530 g/mol. The lowest BCUT2D eigenvalue weighted by molar-refractivity contribution is -0.126. The van der Waals surface area contributed by atoms with Crippen molar-refractivity contribution in [2.45, 2.75) is 32.7 Å². The van der Waals surface area contributed by atoms with E-state index in [0.29, 0.717) is 52.1 Å². The number of aryl methyl sites for hydroxylation is 1. The molecule has 1 aliphatic rings. The molecule has 11 heteroatoms. The number of amides is 2. The number of hydrogen-bond donors (Lipinski definition) is 2. The predicted molar refractivity (Wildman–Crippen MR) is 147 cm³/mol. The number of likely N-dealkylation sites (tertiary alicyclic amines) is 1. The molecule has 1 aliphatic heterocycles. The lowest BCUT2D eigenvalue weighted by Gasteiger charge is -2.32. The Morgan fingerprint density at radius 3 is 2.79 bits per heavy atom. The standard InChI is InChI=1S/C27H27N7O3S/c1-4-6-22(35)34-14-5-7-19(16-34)30-25-23-21(12-13-28-24(23)31-32-25)37-20-10-8-18(9-11-20)26(36)33(3)27-29-15-17(2)38-27/h8-13,15,19H,5,7,14,16H2,1-3H3,(H2,28,30,31,32)/t19-/m1/s1. The molecule has 10 nitrogen and oxygen atoms in total. The quantitative estimate of drug-likeness (QED) is 0.359. The van der Waals surface area contributed by atoms with Crippen molar-refractivity contribution < 1.29 is 14.3 Å². The van der Waals surface area contributed by atoms with Crippen molar-refractivity contribution in [1.29, 1.82) is 0 Å². The van der Waals surface area contributed by atoms with E-state index in [-0.39, 0.29) is 17.9 Å². The first kappa shape index (κ1) is 25.2. The van der Waals surface area contributed by atoms with Crippen molar-refractivity contribution in [2.75, 3.05) is 30.4 Å². The molecule has 4 heterocycles. The number of pyridine rings is 1. The Bertz CT molecular complexity index is 1530. The monoisotopic (exact) mass is 529 g/mol. The topological polar surface area (TPSA) is 116 Å². The Labute approximate surface area is 224 Å². The largest absolute Gasteiger partial charge is 0.456 e. The van der Waals surface area contributed by atoms with Gasteiger partial charge in [-0.05, 0) is 56.9 Å². The molecule has 0 radical (unpaired) electrons. The number of hydrogen-bond acceptors (Lipinski definition) is 8. The van der Waals surface area contributed by atoms with Crippen LogP contribution in [0.25, 0.3) is 11.0 Å². The number of piperidine rings is 1. The molecular formula is C27H27N7O3S. The van der Waals surface area contributed by atoms with Crippen molar-refractivity contribution >= 4 is 45.1 Å². The molecule has 0 aliphatic carbocycles. The molecular weight excluding hydrogens is 502 g/mol. The first-order valence-corrected chi connectivity index (χ1v) is 13.0. The van der Waals surface area contributed by atoms with Gasteiger partial charge in [0.15, 0.2) is 16.6 Å². The highest BCUT2D eigenvalue weighted by molar-refractivity contribution is 7.15. The normalized spacial score (nSPS) is 15.0. The minimum atomic E-state index is -0.161. The van der Waals surface area contributed by atoms with Crippen LogP contribution in [-0.4, -0.2) is 63.1 Å². The summed E-state index contributed by atoms with van der Waals surface area (Å²) in [7, 11) is 1.71. The van der Waals surface area contributed by atoms with E-state index in [9.17, 15) is 9.59 Å². The summed E-state index contributed by atoms with van der Waals surface area (Å²) in [6.45, 7) is 4.86. The number of H-pyrrole nitrogens is 1. The number of ether oxygens (including phenoxy) is 1. The van der Waals surface area contributed by atoms with Gasteiger partial charge < -0.3 is 15.0 Å². The molecule has 0 saturated carbocycles. The molecule has 38 heavy (non-hydrogen) atoms. The molecule has 2 amide bonds. The number of nitrogens with one attached hydrogen (secondary N) is 2. The zero-order chi connectivity index (χ0) is 26.6. The van der Waals surface area contributed by atoms with Crippen LogP contribution in [-0.2, 0) is 4.79 Å². The number of aromatic amines is 1. The van der Waals surface area contributed by atoms with Gasteiger partial charge in [-0.15, -0.1) is 11.3 Å². The smallest absolute Gasteiger partial charge is 0.298 e. The van der Waals surface area contributed by atoms with Crippen molar-refractivity contribution in [3.8, 4) is 23.3 Å². The highest BCUT2D eigenvalue weighted by atomic mass is 32.1. The van der Waals surface area contributed by atoms with E-state index < -0.39 is 0 Å². The van der Waals surface area contributed by atoms with Crippen LogP contribution in [0.15, 0.2) is 42.7 Å². The summed E-state index contributed by atoms with van der Waals surface area (Å²) in [5.74, 6) is 6.73. The number of aromatic nitrogens is 4. The molecule has 3 aromatic heterocycles. The molecule has 1 fully saturated rings. The van der Waals surface area contributed by atoms with Gasteiger partial charge in [0.2, 0.25) is 0 Å². The molecule has 0 spiro atoms. The van der Waals surface area contributed by atoms with E-state index in [1.807, 2.05) is 6.92 Å². The van der Waals surface area contributed by atoms with Crippen molar-refractivity contribution in [1.82, 2.24) is 25.1 Å². The maximum atomic E-state index is 12.9. The first-order valence-electron chi connectivity index (χ1n) is 12.2. The van der Waals surface area contributed by atoms with Gasteiger partial charge in [-0.1, -0.05) is 5.92 Å². The zero-order valence-electron chi connectivity index (χ0n) is 21.3. The van der Waals surface area contributed by atoms with E-state index in [2.05, 4.69) is 37.3 Å². The van der Waals surface area contributed by atoms with Crippen molar-refractivity contribution in [2.24, 2.45) is 0 Å². The zero-order valence-corrected chi connectivity index (χ0v) is 22.1. The SMILES string of the molecule is CC#CC(=O)N1CCC[C@@H](Nc2n[nH]c3nccc(Oc4ccc(C(=O)N(C)c5ncc(C)s5)cc4)c23)C1. The van der Waals surface area contributed by atoms with Crippen LogP contribution >= 0.6 is 11.3 Å². The van der Waals surface area contributed by atoms with E-state index in [0.717, 1.165) is 17.7 Å². The summed E-state index contributed by atoms with van der Waals surface area (Å²) in [5.41, 5.74) is 1.11. The van der Waals surface area contributed by atoms with Crippen LogP contribution in [0, 0.1) is 18.8 Å². The van der Waals surface area contributed by atoms with Crippen LogP contribution in [0.5, 0.6) is 11.5 Å². The minimum Gasteiger partial charge on any atom is -0.456 e. The van der Waals surface area contributed by atoms with Gasteiger partial charge in [0.25, 0.3) is 11.8 Å². The number of carbonyl (C=O) groups is 2. The summed E-state index contributed by atoms with van der Waals surface area (Å²) < 4.78 is 6.20.